The molecular formula is C20H18N2O4S. The zero-order valence-corrected chi connectivity index (χ0v) is 15.5. The van der Waals surface area contributed by atoms with Crippen LogP contribution in [-0.4, -0.2) is 22.8 Å². The van der Waals surface area contributed by atoms with E-state index in [9.17, 15) is 4.79 Å². The smallest absolute Gasteiger partial charge is 0.331 e. The Labute approximate surface area is 160 Å². The molecule has 0 spiro atoms. The minimum Gasteiger partial charge on any atom is -0.490 e. The standard InChI is InChI=1S/C20H18N2O4S/c1-3-12-24-16-9-6-15(7-10-16)8-11-18(23)25-14(2)19-21-22-20(26-19)17-5-4-13-27-17/h3-11,13-14H,1,12H2,2H3/b11-8+/t14-/m0/s1. The van der Waals surface area contributed by atoms with Gasteiger partial charge in [-0.25, -0.2) is 4.79 Å². The average molecular weight is 382 g/mol. The second-order valence-corrected chi connectivity index (χ2v) is 6.45. The molecule has 0 aliphatic carbocycles. The van der Waals surface area contributed by atoms with Crippen molar-refractivity contribution in [3.63, 3.8) is 0 Å². The molecule has 0 bridgehead atoms. The van der Waals surface area contributed by atoms with Crippen molar-refractivity contribution >= 4 is 23.4 Å². The highest BCUT2D eigenvalue weighted by molar-refractivity contribution is 7.13. The molecule has 0 fully saturated rings. The van der Waals surface area contributed by atoms with Crippen LogP contribution in [0.15, 0.2) is 64.9 Å². The zero-order valence-electron chi connectivity index (χ0n) is 14.7. The fraction of sp³-hybridized carbons (Fsp3) is 0.150. The van der Waals surface area contributed by atoms with Crippen molar-refractivity contribution in [2.24, 2.45) is 0 Å². The molecule has 3 aromatic rings. The van der Waals surface area contributed by atoms with E-state index >= 15 is 0 Å². The number of aromatic nitrogens is 2. The van der Waals surface area contributed by atoms with Crippen LogP contribution in [0.1, 0.15) is 24.5 Å². The van der Waals surface area contributed by atoms with E-state index in [1.165, 1.54) is 17.4 Å². The molecule has 7 heteroatoms. The topological polar surface area (TPSA) is 74.5 Å². The minimum atomic E-state index is -0.641. The maximum absolute atomic E-state index is 12.0. The van der Waals surface area contributed by atoms with Gasteiger partial charge in [0.1, 0.15) is 12.4 Å². The van der Waals surface area contributed by atoms with Crippen molar-refractivity contribution in [3.05, 3.63) is 72.0 Å². The number of nitrogens with zero attached hydrogens (tertiary/aromatic N) is 2. The van der Waals surface area contributed by atoms with Gasteiger partial charge in [0.15, 0.2) is 6.10 Å². The number of hydrogen-bond acceptors (Lipinski definition) is 7. The molecule has 138 valence electrons. The predicted molar refractivity (Wildman–Crippen MR) is 103 cm³/mol. The van der Waals surface area contributed by atoms with Crippen LogP contribution in [-0.2, 0) is 9.53 Å². The van der Waals surface area contributed by atoms with Gasteiger partial charge in [-0.3, -0.25) is 0 Å². The van der Waals surface area contributed by atoms with E-state index in [2.05, 4.69) is 16.8 Å². The molecular weight excluding hydrogens is 364 g/mol. The van der Waals surface area contributed by atoms with E-state index < -0.39 is 12.1 Å². The molecule has 27 heavy (non-hydrogen) atoms. The molecule has 2 heterocycles. The Hall–Kier alpha value is -3.19. The van der Waals surface area contributed by atoms with Crippen molar-refractivity contribution < 1.29 is 18.7 Å². The van der Waals surface area contributed by atoms with E-state index in [1.54, 1.807) is 19.1 Å². The first kappa shape index (κ1) is 18.6. The molecule has 2 aromatic heterocycles. The fourth-order valence-electron chi connectivity index (χ4n) is 2.16. The van der Waals surface area contributed by atoms with Crippen LogP contribution in [0.3, 0.4) is 0 Å². The molecule has 0 N–H and O–H groups in total. The number of thiophene rings is 1. The van der Waals surface area contributed by atoms with Crippen LogP contribution in [0.5, 0.6) is 5.75 Å². The first-order chi connectivity index (χ1) is 13.2. The van der Waals surface area contributed by atoms with E-state index in [4.69, 9.17) is 13.9 Å². The molecule has 0 unspecified atom stereocenters. The monoisotopic (exact) mass is 382 g/mol. The summed E-state index contributed by atoms with van der Waals surface area (Å²) in [4.78, 5) is 12.9. The van der Waals surface area contributed by atoms with Gasteiger partial charge in [0.05, 0.1) is 4.88 Å². The van der Waals surface area contributed by atoms with Crippen LogP contribution in [0.2, 0.25) is 0 Å². The van der Waals surface area contributed by atoms with Crippen molar-refractivity contribution in [1.82, 2.24) is 10.2 Å². The number of benzene rings is 1. The second-order valence-electron chi connectivity index (χ2n) is 5.50. The highest BCUT2D eigenvalue weighted by Crippen LogP contribution is 2.25. The molecule has 0 aliphatic rings. The SMILES string of the molecule is C=CCOc1ccc(/C=C/C(=O)O[C@@H](C)c2nnc(-c3cccs3)o2)cc1. The number of rotatable bonds is 8. The van der Waals surface area contributed by atoms with Crippen LogP contribution in [0.25, 0.3) is 16.8 Å². The van der Waals surface area contributed by atoms with Crippen molar-refractivity contribution in [3.8, 4) is 16.5 Å². The van der Waals surface area contributed by atoms with Gasteiger partial charge in [-0.15, -0.1) is 21.5 Å². The average Bonchev–Trinajstić information content (AvgIpc) is 3.36. The normalized spacial score (nSPS) is 12.0. The molecule has 0 saturated heterocycles. The third kappa shape index (κ3) is 5.15. The van der Waals surface area contributed by atoms with Gasteiger partial charge in [0.2, 0.25) is 0 Å². The first-order valence-corrected chi connectivity index (χ1v) is 9.13. The van der Waals surface area contributed by atoms with Gasteiger partial charge < -0.3 is 13.9 Å². The maximum atomic E-state index is 12.0. The molecule has 0 saturated carbocycles. The number of hydrogen-bond donors (Lipinski definition) is 0. The van der Waals surface area contributed by atoms with Crippen molar-refractivity contribution in [2.45, 2.75) is 13.0 Å². The summed E-state index contributed by atoms with van der Waals surface area (Å²) in [5, 5.41) is 9.84. The van der Waals surface area contributed by atoms with E-state index in [0.717, 1.165) is 16.2 Å². The minimum absolute atomic E-state index is 0.254. The quantitative estimate of drug-likeness (QED) is 0.320. The molecule has 6 nitrogen and oxygen atoms in total. The third-order valence-electron chi connectivity index (χ3n) is 3.47. The highest BCUT2D eigenvalue weighted by atomic mass is 32.1. The number of ether oxygens (including phenoxy) is 2. The van der Waals surface area contributed by atoms with Gasteiger partial charge in [-0.05, 0) is 42.1 Å². The summed E-state index contributed by atoms with van der Waals surface area (Å²) in [6.07, 6.45) is 4.06. The van der Waals surface area contributed by atoms with Gasteiger partial charge in [-0.2, -0.15) is 0 Å². The Balaban J connectivity index is 1.55. The predicted octanol–water partition coefficient (Wildman–Crippen LogP) is 4.68. The summed E-state index contributed by atoms with van der Waals surface area (Å²) in [5.74, 6) is 0.910. The summed E-state index contributed by atoms with van der Waals surface area (Å²) < 4.78 is 16.3. The Morgan fingerprint density at radius 3 is 2.81 bits per heavy atom. The molecule has 1 atom stereocenters. The van der Waals surface area contributed by atoms with Crippen molar-refractivity contribution in [1.29, 1.82) is 0 Å². The summed E-state index contributed by atoms with van der Waals surface area (Å²) in [6, 6.07) is 11.1. The number of carbonyl (C=O) groups is 1. The van der Waals surface area contributed by atoms with E-state index in [1.807, 2.05) is 41.8 Å². The maximum Gasteiger partial charge on any atom is 0.331 e. The van der Waals surface area contributed by atoms with Gasteiger partial charge in [-0.1, -0.05) is 30.9 Å². The molecule has 0 radical (unpaired) electrons. The zero-order chi connectivity index (χ0) is 19.1. The largest absolute Gasteiger partial charge is 0.490 e. The first-order valence-electron chi connectivity index (χ1n) is 8.25. The number of carbonyl (C=O) groups excluding carboxylic acids is 1. The lowest BCUT2D eigenvalue weighted by Gasteiger charge is -2.06. The van der Waals surface area contributed by atoms with Crippen LogP contribution in [0, 0.1) is 0 Å². The highest BCUT2D eigenvalue weighted by Gasteiger charge is 2.18. The fourth-order valence-corrected chi connectivity index (χ4v) is 2.80. The summed E-state index contributed by atoms with van der Waals surface area (Å²) in [7, 11) is 0. The Bertz CT molecular complexity index is 914. The Morgan fingerprint density at radius 1 is 1.30 bits per heavy atom. The molecule has 0 amide bonds. The lowest BCUT2D eigenvalue weighted by Crippen LogP contribution is -2.06. The van der Waals surface area contributed by atoms with Crippen molar-refractivity contribution in [2.75, 3.05) is 6.61 Å². The molecule has 3 rings (SSSR count). The lowest BCUT2D eigenvalue weighted by molar-refractivity contribution is -0.143. The summed E-state index contributed by atoms with van der Waals surface area (Å²) >= 11 is 1.50. The van der Waals surface area contributed by atoms with E-state index in [0.29, 0.717) is 12.5 Å². The number of esters is 1. The third-order valence-corrected chi connectivity index (χ3v) is 4.33. The molecule has 1 aromatic carbocycles. The lowest BCUT2D eigenvalue weighted by atomic mass is 10.2. The Morgan fingerprint density at radius 2 is 2.11 bits per heavy atom. The second kappa shape index (κ2) is 8.95. The summed E-state index contributed by atoms with van der Waals surface area (Å²) in [6.45, 7) is 5.73. The molecule has 0 aliphatic heterocycles. The van der Waals surface area contributed by atoms with Crippen LogP contribution < -0.4 is 4.74 Å². The Kier molecular flexibility index (Phi) is 6.17. The van der Waals surface area contributed by atoms with Crippen LogP contribution in [0.4, 0.5) is 0 Å². The van der Waals surface area contributed by atoms with Crippen LogP contribution >= 0.6 is 11.3 Å². The van der Waals surface area contributed by atoms with Gasteiger partial charge in [0, 0.05) is 6.08 Å². The van der Waals surface area contributed by atoms with E-state index in [-0.39, 0.29) is 5.89 Å². The van der Waals surface area contributed by atoms with Gasteiger partial charge in [0.25, 0.3) is 11.8 Å². The summed E-state index contributed by atoms with van der Waals surface area (Å²) in [5.41, 5.74) is 0.850. The van der Waals surface area contributed by atoms with Gasteiger partial charge >= 0.3 is 5.97 Å².